The predicted molar refractivity (Wildman–Crippen MR) is 66.3 cm³/mol. The zero-order chi connectivity index (χ0) is 13.2. The number of nitrogens with zero attached hydrogens (tertiary/aromatic N) is 1. The molecule has 0 atom stereocenters. The van der Waals surface area contributed by atoms with Crippen molar-refractivity contribution in [3.05, 3.63) is 30.3 Å². The van der Waals surface area contributed by atoms with Crippen molar-refractivity contribution in [3.8, 4) is 5.75 Å². The van der Waals surface area contributed by atoms with Crippen LogP contribution in [0.1, 0.15) is 13.8 Å². The van der Waals surface area contributed by atoms with E-state index < -0.39 is 5.54 Å². The first kappa shape index (κ1) is 12.4. The van der Waals surface area contributed by atoms with Crippen molar-refractivity contribution in [1.82, 2.24) is 10.2 Å². The number of para-hydroxylation sites is 1. The zero-order valence-electron chi connectivity index (χ0n) is 10.5. The predicted octanol–water partition coefficient (Wildman–Crippen LogP) is 1.40. The van der Waals surface area contributed by atoms with Crippen LogP contribution >= 0.6 is 0 Å². The van der Waals surface area contributed by atoms with Gasteiger partial charge in [0, 0.05) is 0 Å². The first-order valence-electron chi connectivity index (χ1n) is 5.83. The first-order chi connectivity index (χ1) is 8.50. The van der Waals surface area contributed by atoms with Crippen LogP contribution in [0.5, 0.6) is 5.75 Å². The van der Waals surface area contributed by atoms with Crippen LogP contribution in [0.2, 0.25) is 0 Å². The molecule has 0 saturated carbocycles. The number of amides is 3. The molecule has 1 aromatic carbocycles. The van der Waals surface area contributed by atoms with Gasteiger partial charge in [-0.25, -0.2) is 4.79 Å². The highest BCUT2D eigenvalue weighted by molar-refractivity contribution is 6.06. The molecular formula is C13H16N2O3. The van der Waals surface area contributed by atoms with Gasteiger partial charge in [-0.1, -0.05) is 18.2 Å². The number of hydrogen-bond donors (Lipinski definition) is 1. The molecule has 1 aromatic rings. The third kappa shape index (κ3) is 2.45. The third-order valence-electron chi connectivity index (χ3n) is 2.77. The molecule has 5 nitrogen and oxygen atoms in total. The molecule has 0 unspecified atom stereocenters. The normalized spacial score (nSPS) is 17.8. The average Bonchev–Trinajstić information content (AvgIpc) is 2.52. The molecule has 1 fully saturated rings. The number of benzene rings is 1. The molecule has 0 aliphatic carbocycles. The molecule has 0 bridgehead atoms. The van der Waals surface area contributed by atoms with Crippen LogP contribution in [0.15, 0.2) is 30.3 Å². The molecule has 1 N–H and O–H groups in total. The van der Waals surface area contributed by atoms with Crippen LogP contribution in [0, 0.1) is 0 Å². The Balaban J connectivity index is 1.88. The fourth-order valence-corrected chi connectivity index (χ4v) is 1.79. The van der Waals surface area contributed by atoms with Crippen LogP contribution in [0.3, 0.4) is 0 Å². The highest BCUT2D eigenvalue weighted by Crippen LogP contribution is 2.16. The van der Waals surface area contributed by atoms with Crippen molar-refractivity contribution in [2.75, 3.05) is 13.2 Å². The summed E-state index contributed by atoms with van der Waals surface area (Å²) in [6, 6.07) is 8.93. The summed E-state index contributed by atoms with van der Waals surface area (Å²) in [6.45, 7) is 3.92. The highest BCUT2D eigenvalue weighted by Gasteiger charge is 2.43. The van der Waals surface area contributed by atoms with Crippen LogP contribution in [-0.2, 0) is 4.79 Å². The topological polar surface area (TPSA) is 58.6 Å². The van der Waals surface area contributed by atoms with E-state index in [4.69, 9.17) is 4.74 Å². The summed E-state index contributed by atoms with van der Waals surface area (Å²) in [5.41, 5.74) is -0.816. The average molecular weight is 248 g/mol. The van der Waals surface area contributed by atoms with E-state index in [1.54, 1.807) is 13.8 Å². The lowest BCUT2D eigenvalue weighted by Gasteiger charge is -2.16. The van der Waals surface area contributed by atoms with Crippen molar-refractivity contribution in [2.24, 2.45) is 0 Å². The number of nitrogens with one attached hydrogen (secondary N) is 1. The monoisotopic (exact) mass is 248 g/mol. The molecule has 1 saturated heterocycles. The second kappa shape index (κ2) is 4.68. The lowest BCUT2D eigenvalue weighted by atomic mass is 10.1. The molecule has 1 aliphatic rings. The number of carbonyl (C=O) groups is 2. The first-order valence-corrected chi connectivity index (χ1v) is 5.83. The van der Waals surface area contributed by atoms with Crippen LogP contribution in [0.4, 0.5) is 4.79 Å². The minimum absolute atomic E-state index is 0.218. The summed E-state index contributed by atoms with van der Waals surface area (Å²) in [4.78, 5) is 24.6. The zero-order valence-corrected chi connectivity index (χ0v) is 10.5. The largest absolute Gasteiger partial charge is 0.492 e. The quantitative estimate of drug-likeness (QED) is 0.819. The van der Waals surface area contributed by atoms with Crippen molar-refractivity contribution >= 4 is 11.9 Å². The maximum atomic E-state index is 11.9. The highest BCUT2D eigenvalue weighted by atomic mass is 16.5. The molecule has 2 rings (SSSR count). The molecule has 1 aliphatic heterocycles. The number of imide groups is 1. The van der Waals surface area contributed by atoms with E-state index in [-0.39, 0.29) is 18.5 Å². The van der Waals surface area contributed by atoms with Crippen LogP contribution < -0.4 is 10.1 Å². The maximum absolute atomic E-state index is 11.9. The molecule has 96 valence electrons. The second-order valence-electron chi connectivity index (χ2n) is 4.67. The van der Waals surface area contributed by atoms with Gasteiger partial charge in [-0.05, 0) is 26.0 Å². The molecule has 3 amide bonds. The van der Waals surface area contributed by atoms with E-state index in [9.17, 15) is 9.59 Å². The maximum Gasteiger partial charge on any atom is 0.325 e. The minimum Gasteiger partial charge on any atom is -0.492 e. The molecule has 1 heterocycles. The summed E-state index contributed by atoms with van der Waals surface area (Å²) in [7, 11) is 0. The van der Waals surface area contributed by atoms with Gasteiger partial charge in [-0.15, -0.1) is 0 Å². The van der Waals surface area contributed by atoms with Crippen molar-refractivity contribution < 1.29 is 14.3 Å². The summed E-state index contributed by atoms with van der Waals surface area (Å²) in [6.07, 6.45) is 0. The van der Waals surface area contributed by atoms with E-state index in [2.05, 4.69) is 5.32 Å². The fraction of sp³-hybridized carbons (Fsp3) is 0.385. The van der Waals surface area contributed by atoms with Gasteiger partial charge >= 0.3 is 6.03 Å². The van der Waals surface area contributed by atoms with Gasteiger partial charge in [0.15, 0.2) is 0 Å². The lowest BCUT2D eigenvalue weighted by molar-refractivity contribution is -0.130. The number of rotatable bonds is 4. The minimum atomic E-state index is -0.816. The van der Waals surface area contributed by atoms with E-state index in [0.29, 0.717) is 6.61 Å². The molecular weight excluding hydrogens is 232 g/mol. The Morgan fingerprint density at radius 3 is 2.44 bits per heavy atom. The Bertz CT molecular complexity index is 457. The van der Waals surface area contributed by atoms with Crippen LogP contribution in [0.25, 0.3) is 0 Å². The van der Waals surface area contributed by atoms with Crippen LogP contribution in [-0.4, -0.2) is 35.5 Å². The lowest BCUT2D eigenvalue weighted by Crippen LogP contribution is -2.40. The molecule has 0 spiro atoms. The van der Waals surface area contributed by atoms with E-state index in [1.807, 2.05) is 30.3 Å². The van der Waals surface area contributed by atoms with Gasteiger partial charge in [-0.3, -0.25) is 9.69 Å². The Hall–Kier alpha value is -2.04. The van der Waals surface area contributed by atoms with Gasteiger partial charge in [0.2, 0.25) is 0 Å². The second-order valence-corrected chi connectivity index (χ2v) is 4.67. The number of urea groups is 1. The Morgan fingerprint density at radius 2 is 1.89 bits per heavy atom. The number of carbonyl (C=O) groups excluding carboxylic acids is 2. The Labute approximate surface area is 106 Å². The van der Waals surface area contributed by atoms with E-state index in [1.165, 1.54) is 4.90 Å². The molecule has 18 heavy (non-hydrogen) atoms. The number of ether oxygens (including phenoxy) is 1. The van der Waals surface area contributed by atoms with Crippen molar-refractivity contribution in [3.63, 3.8) is 0 Å². The molecule has 0 radical (unpaired) electrons. The standard InChI is InChI=1S/C13H16N2O3/c1-13(2)11(16)15(12(17)14-13)8-9-18-10-6-4-3-5-7-10/h3-7H,8-9H2,1-2H3,(H,14,17). The molecule has 0 aromatic heterocycles. The SMILES string of the molecule is CC1(C)NC(=O)N(CCOc2ccccc2)C1=O. The van der Waals surface area contributed by atoms with E-state index >= 15 is 0 Å². The van der Waals surface area contributed by atoms with E-state index in [0.717, 1.165) is 5.75 Å². The van der Waals surface area contributed by atoms with Crippen molar-refractivity contribution in [1.29, 1.82) is 0 Å². The summed E-state index contributed by atoms with van der Waals surface area (Å²) in [5.74, 6) is 0.507. The summed E-state index contributed by atoms with van der Waals surface area (Å²) < 4.78 is 5.46. The fourth-order valence-electron chi connectivity index (χ4n) is 1.79. The number of hydrogen-bond acceptors (Lipinski definition) is 3. The van der Waals surface area contributed by atoms with Gasteiger partial charge < -0.3 is 10.1 Å². The third-order valence-corrected chi connectivity index (χ3v) is 2.77. The Morgan fingerprint density at radius 1 is 1.22 bits per heavy atom. The van der Waals surface area contributed by atoms with Gasteiger partial charge in [0.05, 0.1) is 6.54 Å². The summed E-state index contributed by atoms with van der Waals surface area (Å²) >= 11 is 0. The van der Waals surface area contributed by atoms with Gasteiger partial charge in [0.1, 0.15) is 17.9 Å². The van der Waals surface area contributed by atoms with Crippen molar-refractivity contribution in [2.45, 2.75) is 19.4 Å². The smallest absolute Gasteiger partial charge is 0.325 e. The summed E-state index contributed by atoms with van der Waals surface area (Å²) in [5, 5.41) is 2.62. The van der Waals surface area contributed by atoms with Gasteiger partial charge in [-0.2, -0.15) is 0 Å². The molecule has 5 heteroatoms. The Kier molecular flexibility index (Phi) is 3.23. The van der Waals surface area contributed by atoms with Gasteiger partial charge in [0.25, 0.3) is 5.91 Å².